The van der Waals surface area contributed by atoms with E-state index in [-0.39, 0.29) is 18.0 Å². The number of hydrogen-bond donors (Lipinski definition) is 0. The number of nitrogens with zero attached hydrogens (tertiary/aromatic N) is 1. The van der Waals surface area contributed by atoms with Gasteiger partial charge in [-0.15, -0.1) is 0 Å². The molecule has 0 bridgehead atoms. The number of rotatable bonds is 4. The molecule has 0 N–H and O–H groups in total. The summed E-state index contributed by atoms with van der Waals surface area (Å²) in [6.07, 6.45) is 7.39. The summed E-state index contributed by atoms with van der Waals surface area (Å²) in [6, 6.07) is 15.1. The van der Waals surface area contributed by atoms with Crippen LogP contribution in [-0.4, -0.2) is 16.6 Å². The van der Waals surface area contributed by atoms with Crippen LogP contribution in [0.4, 0.5) is 0 Å². The Kier molecular flexibility index (Phi) is 3.92. The standard InChI is InChI=1S/C22H21NO2/c1-3-23-19-7-5-4-6-17(19)18-14-16(10-11-20(18)23)9-8-15(2)21-12-13-22(24)25-21/h4-15,21H,3H2,1-2H3/b9-8+. The van der Waals surface area contributed by atoms with E-state index in [4.69, 9.17) is 4.74 Å². The number of aryl methyl sites for hydroxylation is 1. The Morgan fingerprint density at radius 2 is 1.96 bits per heavy atom. The van der Waals surface area contributed by atoms with Crippen LogP contribution < -0.4 is 0 Å². The van der Waals surface area contributed by atoms with Gasteiger partial charge in [0.25, 0.3) is 0 Å². The molecule has 0 saturated heterocycles. The number of carbonyl (C=O) groups excluding carboxylic acids is 1. The molecule has 0 fully saturated rings. The summed E-state index contributed by atoms with van der Waals surface area (Å²) >= 11 is 0. The van der Waals surface area contributed by atoms with Gasteiger partial charge < -0.3 is 9.30 Å². The lowest BCUT2D eigenvalue weighted by Crippen LogP contribution is -2.15. The molecular formula is C22H21NO2. The second-order valence-electron chi connectivity index (χ2n) is 6.52. The molecule has 3 aromatic rings. The zero-order chi connectivity index (χ0) is 17.4. The molecule has 2 unspecified atom stereocenters. The Hall–Kier alpha value is -2.81. The number of aromatic nitrogens is 1. The van der Waals surface area contributed by atoms with Crippen LogP contribution in [0.2, 0.25) is 0 Å². The molecule has 0 saturated carbocycles. The zero-order valence-electron chi connectivity index (χ0n) is 14.5. The predicted molar refractivity (Wildman–Crippen MR) is 102 cm³/mol. The SMILES string of the molecule is CCn1c2ccccc2c2cc(/C=C/C(C)C3C=CC(=O)O3)ccc21. The van der Waals surface area contributed by atoms with Gasteiger partial charge in [0.05, 0.1) is 0 Å². The molecule has 25 heavy (non-hydrogen) atoms. The Labute approximate surface area is 147 Å². The highest BCUT2D eigenvalue weighted by Gasteiger charge is 2.21. The van der Waals surface area contributed by atoms with E-state index in [1.807, 2.05) is 6.08 Å². The Morgan fingerprint density at radius 1 is 1.16 bits per heavy atom. The first-order chi connectivity index (χ1) is 12.2. The maximum atomic E-state index is 11.2. The fraction of sp³-hybridized carbons (Fsp3) is 0.227. The third-order valence-electron chi connectivity index (χ3n) is 4.90. The first-order valence-electron chi connectivity index (χ1n) is 8.75. The van der Waals surface area contributed by atoms with E-state index in [0.29, 0.717) is 0 Å². The Balaban J connectivity index is 1.69. The summed E-state index contributed by atoms with van der Waals surface area (Å²) in [5.41, 5.74) is 3.70. The molecule has 0 amide bonds. The molecule has 0 spiro atoms. The molecule has 126 valence electrons. The van der Waals surface area contributed by atoms with Crippen molar-refractivity contribution in [1.29, 1.82) is 0 Å². The molecule has 3 nitrogen and oxygen atoms in total. The third-order valence-corrected chi connectivity index (χ3v) is 4.90. The average molecular weight is 331 g/mol. The summed E-state index contributed by atoms with van der Waals surface area (Å²) in [4.78, 5) is 11.2. The number of cyclic esters (lactones) is 1. The van der Waals surface area contributed by atoms with Gasteiger partial charge in [0.15, 0.2) is 0 Å². The molecule has 0 radical (unpaired) electrons. The van der Waals surface area contributed by atoms with E-state index in [2.05, 4.69) is 73.0 Å². The smallest absolute Gasteiger partial charge is 0.331 e. The van der Waals surface area contributed by atoms with Crippen LogP contribution in [0.1, 0.15) is 19.4 Å². The molecule has 1 aliphatic heterocycles. The van der Waals surface area contributed by atoms with Crippen LogP contribution in [0.25, 0.3) is 27.9 Å². The van der Waals surface area contributed by atoms with Gasteiger partial charge in [-0.05, 0) is 36.8 Å². The normalized spacial score (nSPS) is 18.5. The molecular weight excluding hydrogens is 310 g/mol. The minimum absolute atomic E-state index is 0.149. The largest absolute Gasteiger partial charge is 0.454 e. The quantitative estimate of drug-likeness (QED) is 0.634. The highest BCUT2D eigenvalue weighted by molar-refractivity contribution is 6.08. The summed E-state index contributed by atoms with van der Waals surface area (Å²) in [6.45, 7) is 5.19. The van der Waals surface area contributed by atoms with E-state index < -0.39 is 0 Å². The first-order valence-corrected chi connectivity index (χ1v) is 8.75. The highest BCUT2D eigenvalue weighted by Crippen LogP contribution is 2.30. The van der Waals surface area contributed by atoms with Gasteiger partial charge in [0.2, 0.25) is 0 Å². The Morgan fingerprint density at radius 3 is 2.72 bits per heavy atom. The summed E-state index contributed by atoms with van der Waals surface area (Å²) in [5.74, 6) is -0.102. The number of hydrogen-bond acceptors (Lipinski definition) is 2. The maximum Gasteiger partial charge on any atom is 0.331 e. The molecule has 2 heterocycles. The average Bonchev–Trinajstić information content (AvgIpc) is 3.20. The second kappa shape index (κ2) is 6.25. The van der Waals surface area contributed by atoms with Crippen molar-refractivity contribution in [2.24, 2.45) is 5.92 Å². The van der Waals surface area contributed by atoms with Crippen LogP contribution in [0, 0.1) is 5.92 Å². The predicted octanol–water partition coefficient (Wildman–Crippen LogP) is 4.95. The fourth-order valence-electron chi connectivity index (χ4n) is 3.56. The van der Waals surface area contributed by atoms with Gasteiger partial charge in [-0.3, -0.25) is 0 Å². The van der Waals surface area contributed by atoms with Crippen LogP contribution >= 0.6 is 0 Å². The van der Waals surface area contributed by atoms with Gasteiger partial charge in [-0.1, -0.05) is 43.3 Å². The molecule has 4 rings (SSSR count). The summed E-state index contributed by atoms with van der Waals surface area (Å²) < 4.78 is 7.60. The third kappa shape index (κ3) is 2.76. The lowest BCUT2D eigenvalue weighted by atomic mass is 10.0. The number of carbonyl (C=O) groups is 1. The number of para-hydroxylation sites is 1. The monoisotopic (exact) mass is 331 g/mol. The van der Waals surface area contributed by atoms with Crippen LogP contribution in [0.5, 0.6) is 0 Å². The summed E-state index contributed by atoms with van der Waals surface area (Å²) in [7, 11) is 0. The number of ether oxygens (including phenoxy) is 1. The molecule has 2 atom stereocenters. The number of benzene rings is 2. The highest BCUT2D eigenvalue weighted by atomic mass is 16.5. The molecule has 0 aliphatic carbocycles. The lowest BCUT2D eigenvalue weighted by molar-refractivity contribution is -0.139. The van der Waals surface area contributed by atoms with Gasteiger partial charge in [-0.2, -0.15) is 0 Å². The number of fused-ring (bicyclic) bond motifs is 3. The van der Waals surface area contributed by atoms with Crippen LogP contribution in [0.15, 0.2) is 60.7 Å². The van der Waals surface area contributed by atoms with Crippen molar-refractivity contribution in [3.8, 4) is 0 Å². The van der Waals surface area contributed by atoms with Gasteiger partial charge in [-0.25, -0.2) is 4.79 Å². The second-order valence-corrected chi connectivity index (χ2v) is 6.52. The van der Waals surface area contributed by atoms with E-state index in [9.17, 15) is 4.79 Å². The fourth-order valence-corrected chi connectivity index (χ4v) is 3.56. The lowest BCUT2D eigenvalue weighted by Gasteiger charge is -2.13. The van der Waals surface area contributed by atoms with Crippen molar-refractivity contribution in [2.75, 3.05) is 0 Å². The van der Waals surface area contributed by atoms with E-state index in [1.54, 1.807) is 0 Å². The van der Waals surface area contributed by atoms with Crippen molar-refractivity contribution < 1.29 is 9.53 Å². The van der Waals surface area contributed by atoms with Crippen LogP contribution in [-0.2, 0) is 16.1 Å². The molecule has 1 aliphatic rings. The molecule has 2 aromatic carbocycles. The first kappa shape index (κ1) is 15.7. The van der Waals surface area contributed by atoms with Crippen molar-refractivity contribution in [3.05, 3.63) is 66.3 Å². The topological polar surface area (TPSA) is 31.2 Å². The van der Waals surface area contributed by atoms with Gasteiger partial charge >= 0.3 is 5.97 Å². The molecule has 3 heteroatoms. The zero-order valence-corrected chi connectivity index (χ0v) is 14.5. The van der Waals surface area contributed by atoms with E-state index in [0.717, 1.165) is 12.1 Å². The van der Waals surface area contributed by atoms with Gasteiger partial charge in [0, 0.05) is 40.3 Å². The Bertz CT molecular complexity index is 1010. The minimum Gasteiger partial charge on any atom is -0.454 e. The minimum atomic E-state index is -0.251. The van der Waals surface area contributed by atoms with Crippen molar-refractivity contribution >= 4 is 33.9 Å². The van der Waals surface area contributed by atoms with Crippen LogP contribution in [0.3, 0.4) is 0 Å². The van der Waals surface area contributed by atoms with Crippen molar-refractivity contribution in [3.63, 3.8) is 0 Å². The van der Waals surface area contributed by atoms with E-state index >= 15 is 0 Å². The molecule has 1 aromatic heterocycles. The van der Waals surface area contributed by atoms with Crippen molar-refractivity contribution in [1.82, 2.24) is 4.57 Å². The summed E-state index contributed by atoms with van der Waals surface area (Å²) in [5, 5.41) is 2.56. The maximum absolute atomic E-state index is 11.2. The van der Waals surface area contributed by atoms with E-state index in [1.165, 1.54) is 27.9 Å². The van der Waals surface area contributed by atoms with Gasteiger partial charge in [0.1, 0.15) is 6.10 Å². The van der Waals surface area contributed by atoms with Crippen molar-refractivity contribution in [2.45, 2.75) is 26.5 Å². The number of esters is 1.